The van der Waals surface area contributed by atoms with Crippen molar-refractivity contribution in [2.75, 3.05) is 0 Å². The van der Waals surface area contributed by atoms with Gasteiger partial charge in [-0.25, -0.2) is 0 Å². The number of aryl methyl sites for hydroxylation is 1. The Morgan fingerprint density at radius 1 is 1.36 bits per heavy atom. The molecule has 0 saturated carbocycles. The zero-order valence-corrected chi connectivity index (χ0v) is 14.9. The highest BCUT2D eigenvalue weighted by molar-refractivity contribution is 9.10. The van der Waals surface area contributed by atoms with E-state index < -0.39 is 0 Å². The Hall–Kier alpha value is -1.59. The standard InChI is InChI=1S/C17H17BrN2OS/c1-3-20-14(9-15-16(20)13(18)10-22-15)17(21)19-11(2)12-7-5-4-6-8-12/h4-11H,3H2,1-2H3,(H,19,21). The minimum atomic E-state index is -0.0338. The van der Waals surface area contributed by atoms with Gasteiger partial charge < -0.3 is 9.88 Å². The Labute approximate surface area is 142 Å². The molecule has 0 aliphatic rings. The third-order valence-electron chi connectivity index (χ3n) is 3.77. The second-order valence-corrected chi connectivity index (χ2v) is 6.94. The zero-order valence-electron chi connectivity index (χ0n) is 12.5. The van der Waals surface area contributed by atoms with E-state index in [-0.39, 0.29) is 11.9 Å². The monoisotopic (exact) mass is 376 g/mol. The van der Waals surface area contributed by atoms with E-state index in [9.17, 15) is 4.79 Å². The van der Waals surface area contributed by atoms with E-state index in [1.807, 2.05) is 43.3 Å². The zero-order chi connectivity index (χ0) is 15.7. The topological polar surface area (TPSA) is 34.0 Å². The molecular weight excluding hydrogens is 360 g/mol. The summed E-state index contributed by atoms with van der Waals surface area (Å²) in [6, 6.07) is 12.0. The van der Waals surface area contributed by atoms with E-state index in [4.69, 9.17) is 0 Å². The van der Waals surface area contributed by atoms with Gasteiger partial charge in [-0.15, -0.1) is 11.3 Å². The number of hydrogen-bond donors (Lipinski definition) is 1. The number of aromatic nitrogens is 1. The van der Waals surface area contributed by atoms with Crippen LogP contribution in [0, 0.1) is 0 Å². The van der Waals surface area contributed by atoms with Gasteiger partial charge in [-0.2, -0.15) is 0 Å². The molecule has 114 valence electrons. The van der Waals surface area contributed by atoms with Crippen molar-refractivity contribution in [3.8, 4) is 0 Å². The molecule has 0 spiro atoms. The molecule has 0 aliphatic heterocycles. The number of benzene rings is 1. The molecule has 1 atom stereocenters. The van der Waals surface area contributed by atoms with E-state index in [0.717, 1.165) is 26.8 Å². The normalized spacial score (nSPS) is 12.5. The lowest BCUT2D eigenvalue weighted by atomic mass is 10.1. The van der Waals surface area contributed by atoms with Gasteiger partial charge in [0.2, 0.25) is 0 Å². The van der Waals surface area contributed by atoms with Crippen LogP contribution in [0.3, 0.4) is 0 Å². The highest BCUT2D eigenvalue weighted by Crippen LogP contribution is 2.33. The Balaban J connectivity index is 1.89. The van der Waals surface area contributed by atoms with Crippen molar-refractivity contribution in [1.82, 2.24) is 9.88 Å². The third kappa shape index (κ3) is 2.71. The van der Waals surface area contributed by atoms with Gasteiger partial charge in [-0.05, 0) is 41.4 Å². The summed E-state index contributed by atoms with van der Waals surface area (Å²) >= 11 is 5.22. The molecule has 3 rings (SSSR count). The Kier molecular flexibility index (Phi) is 4.36. The first kappa shape index (κ1) is 15.3. The van der Waals surface area contributed by atoms with E-state index in [0.29, 0.717) is 5.69 Å². The van der Waals surface area contributed by atoms with Crippen LogP contribution in [-0.4, -0.2) is 10.5 Å². The molecule has 1 aromatic carbocycles. The van der Waals surface area contributed by atoms with Gasteiger partial charge in [0.15, 0.2) is 0 Å². The maximum absolute atomic E-state index is 12.6. The first-order chi connectivity index (χ1) is 10.6. The average Bonchev–Trinajstić information content (AvgIpc) is 3.08. The maximum atomic E-state index is 12.6. The molecule has 3 nitrogen and oxygen atoms in total. The van der Waals surface area contributed by atoms with Gasteiger partial charge in [0.1, 0.15) is 5.69 Å². The van der Waals surface area contributed by atoms with Gasteiger partial charge in [-0.3, -0.25) is 4.79 Å². The largest absolute Gasteiger partial charge is 0.344 e. The van der Waals surface area contributed by atoms with Crippen LogP contribution in [0.4, 0.5) is 0 Å². The van der Waals surface area contributed by atoms with Crippen LogP contribution in [0.1, 0.15) is 35.9 Å². The van der Waals surface area contributed by atoms with Crippen LogP contribution in [0.2, 0.25) is 0 Å². The fourth-order valence-corrected chi connectivity index (χ4v) is 4.34. The van der Waals surface area contributed by atoms with Crippen LogP contribution in [0.25, 0.3) is 10.2 Å². The van der Waals surface area contributed by atoms with Crippen molar-refractivity contribution >= 4 is 43.4 Å². The van der Waals surface area contributed by atoms with E-state index in [1.54, 1.807) is 11.3 Å². The van der Waals surface area contributed by atoms with E-state index in [2.05, 4.69) is 38.1 Å². The van der Waals surface area contributed by atoms with Crippen LogP contribution in [0.5, 0.6) is 0 Å². The van der Waals surface area contributed by atoms with Crippen LogP contribution in [0.15, 0.2) is 46.3 Å². The van der Waals surface area contributed by atoms with Gasteiger partial charge in [0, 0.05) is 11.9 Å². The van der Waals surface area contributed by atoms with Crippen molar-refractivity contribution < 1.29 is 4.79 Å². The predicted octanol–water partition coefficient (Wildman–Crippen LogP) is 4.98. The Morgan fingerprint density at radius 2 is 2.09 bits per heavy atom. The maximum Gasteiger partial charge on any atom is 0.268 e. The van der Waals surface area contributed by atoms with Gasteiger partial charge >= 0.3 is 0 Å². The van der Waals surface area contributed by atoms with Gasteiger partial charge in [0.25, 0.3) is 5.91 Å². The van der Waals surface area contributed by atoms with Crippen LogP contribution < -0.4 is 5.32 Å². The smallest absolute Gasteiger partial charge is 0.268 e. The summed E-state index contributed by atoms with van der Waals surface area (Å²) < 4.78 is 4.24. The third-order valence-corrected chi connectivity index (χ3v) is 5.60. The molecule has 5 heteroatoms. The van der Waals surface area contributed by atoms with Crippen molar-refractivity contribution in [2.45, 2.75) is 26.4 Å². The number of nitrogens with one attached hydrogen (secondary N) is 1. The summed E-state index contributed by atoms with van der Waals surface area (Å²) in [4.78, 5) is 12.6. The second-order valence-electron chi connectivity index (χ2n) is 5.18. The van der Waals surface area contributed by atoms with Crippen molar-refractivity contribution in [3.63, 3.8) is 0 Å². The summed E-state index contributed by atoms with van der Waals surface area (Å²) in [7, 11) is 0. The lowest BCUT2D eigenvalue weighted by molar-refractivity contribution is 0.0931. The predicted molar refractivity (Wildman–Crippen MR) is 95.5 cm³/mol. The minimum absolute atomic E-state index is 0.0182. The molecular formula is C17H17BrN2OS. The first-order valence-corrected chi connectivity index (χ1v) is 8.91. The fraction of sp³-hybridized carbons (Fsp3) is 0.235. The number of hydrogen-bond acceptors (Lipinski definition) is 2. The average molecular weight is 377 g/mol. The number of nitrogens with zero attached hydrogens (tertiary/aromatic N) is 1. The lowest BCUT2D eigenvalue weighted by Crippen LogP contribution is -2.28. The SMILES string of the molecule is CCn1c(C(=O)NC(C)c2ccccc2)cc2scc(Br)c21. The van der Waals surface area contributed by atoms with Gasteiger partial charge in [0.05, 0.1) is 20.7 Å². The van der Waals surface area contributed by atoms with Crippen molar-refractivity contribution in [2.24, 2.45) is 0 Å². The molecule has 0 bridgehead atoms. The number of halogens is 1. The number of fused-ring (bicyclic) bond motifs is 1. The van der Waals surface area contributed by atoms with E-state index >= 15 is 0 Å². The summed E-state index contributed by atoms with van der Waals surface area (Å²) in [5, 5.41) is 5.15. The summed E-state index contributed by atoms with van der Waals surface area (Å²) in [5.74, 6) is -0.0338. The second kappa shape index (κ2) is 6.26. The molecule has 0 fully saturated rings. The minimum Gasteiger partial charge on any atom is -0.344 e. The molecule has 1 N–H and O–H groups in total. The highest BCUT2D eigenvalue weighted by Gasteiger charge is 2.19. The summed E-state index contributed by atoms with van der Waals surface area (Å²) in [6.45, 7) is 4.83. The Morgan fingerprint density at radius 3 is 2.77 bits per heavy atom. The quantitative estimate of drug-likeness (QED) is 0.684. The molecule has 22 heavy (non-hydrogen) atoms. The van der Waals surface area contributed by atoms with Gasteiger partial charge in [-0.1, -0.05) is 30.3 Å². The molecule has 2 aromatic heterocycles. The Bertz CT molecular complexity index is 807. The van der Waals surface area contributed by atoms with Crippen molar-refractivity contribution in [1.29, 1.82) is 0 Å². The first-order valence-electron chi connectivity index (χ1n) is 7.23. The molecule has 0 aliphatic carbocycles. The number of carbonyl (C=O) groups is 1. The molecule has 1 amide bonds. The molecule has 0 radical (unpaired) electrons. The molecule has 3 aromatic rings. The summed E-state index contributed by atoms with van der Waals surface area (Å²) in [6.07, 6.45) is 0. The molecule has 2 heterocycles. The number of amides is 1. The summed E-state index contributed by atoms with van der Waals surface area (Å²) in [5.41, 5.74) is 2.92. The highest BCUT2D eigenvalue weighted by atomic mass is 79.9. The number of carbonyl (C=O) groups excluding carboxylic acids is 1. The molecule has 0 saturated heterocycles. The number of rotatable bonds is 4. The number of thiophene rings is 1. The lowest BCUT2D eigenvalue weighted by Gasteiger charge is -2.15. The van der Waals surface area contributed by atoms with Crippen LogP contribution >= 0.6 is 27.3 Å². The fourth-order valence-electron chi connectivity index (χ4n) is 2.64. The molecule has 1 unspecified atom stereocenters. The van der Waals surface area contributed by atoms with Crippen LogP contribution in [-0.2, 0) is 6.54 Å². The van der Waals surface area contributed by atoms with E-state index in [1.165, 1.54) is 0 Å². The van der Waals surface area contributed by atoms with Crippen molar-refractivity contribution in [3.05, 3.63) is 57.5 Å².